The molecule has 5 heteroatoms. The molecule has 0 saturated heterocycles. The number of benzene rings is 1. The number of nitrogens with two attached hydrogens (primary N) is 1. The average Bonchev–Trinajstić information content (AvgIpc) is 2.40. The van der Waals surface area contributed by atoms with Crippen molar-refractivity contribution in [3.05, 3.63) is 53.2 Å². The average molecular weight is 273 g/mol. The van der Waals surface area contributed by atoms with E-state index in [1.165, 1.54) is 5.56 Å². The Balaban J connectivity index is 2.30. The fourth-order valence-corrected chi connectivity index (χ4v) is 2.51. The number of hydrogen-bond donors (Lipinski definition) is 2. The van der Waals surface area contributed by atoms with Crippen LogP contribution in [0.5, 0.6) is 0 Å². The molecule has 98 valence electrons. The van der Waals surface area contributed by atoms with Gasteiger partial charge in [-0.05, 0) is 38.1 Å². The molecule has 1 aromatic carbocycles. The van der Waals surface area contributed by atoms with Gasteiger partial charge in [-0.1, -0.05) is 34.6 Å². The highest BCUT2D eigenvalue weighted by Crippen LogP contribution is 2.27. The number of oxime groups is 1. The van der Waals surface area contributed by atoms with E-state index in [0.29, 0.717) is 5.56 Å². The monoisotopic (exact) mass is 273 g/mol. The Morgan fingerprint density at radius 3 is 2.53 bits per heavy atom. The lowest BCUT2D eigenvalue weighted by Crippen LogP contribution is -2.13. The van der Waals surface area contributed by atoms with Crippen molar-refractivity contribution in [2.24, 2.45) is 10.9 Å². The van der Waals surface area contributed by atoms with Crippen LogP contribution < -0.4 is 5.73 Å². The third-order valence-electron chi connectivity index (χ3n) is 2.58. The van der Waals surface area contributed by atoms with Crippen LogP contribution in [0.1, 0.15) is 16.8 Å². The SMILES string of the molecule is Cc1ccc(Sc2cc(/C(N)=N/O)cc(C)n2)cc1. The second-order valence-corrected chi connectivity index (χ2v) is 5.33. The molecular formula is C14H15N3OS. The molecule has 0 amide bonds. The van der Waals surface area contributed by atoms with E-state index >= 15 is 0 Å². The van der Waals surface area contributed by atoms with Crippen LogP contribution in [0.4, 0.5) is 0 Å². The van der Waals surface area contributed by atoms with Crippen LogP contribution in [0.3, 0.4) is 0 Å². The molecule has 4 nitrogen and oxygen atoms in total. The molecule has 2 rings (SSSR count). The second-order valence-electron chi connectivity index (χ2n) is 4.24. The second kappa shape index (κ2) is 5.75. The van der Waals surface area contributed by atoms with Crippen LogP contribution >= 0.6 is 11.8 Å². The lowest BCUT2D eigenvalue weighted by atomic mass is 10.2. The highest BCUT2D eigenvalue weighted by Gasteiger charge is 2.06. The summed E-state index contributed by atoms with van der Waals surface area (Å²) < 4.78 is 0. The molecular weight excluding hydrogens is 258 g/mol. The van der Waals surface area contributed by atoms with E-state index in [-0.39, 0.29) is 5.84 Å². The Morgan fingerprint density at radius 1 is 1.21 bits per heavy atom. The van der Waals surface area contributed by atoms with Crippen LogP contribution in [0, 0.1) is 13.8 Å². The van der Waals surface area contributed by atoms with Gasteiger partial charge in [0.05, 0.1) is 0 Å². The standard InChI is InChI=1S/C14H15N3OS/c1-9-3-5-12(6-4-9)19-13-8-11(14(15)17-18)7-10(2)16-13/h3-8,18H,1-2H3,(H2,15,17). The number of nitrogens with zero attached hydrogens (tertiary/aromatic N) is 2. The highest BCUT2D eigenvalue weighted by molar-refractivity contribution is 7.99. The number of rotatable bonds is 3. The van der Waals surface area contributed by atoms with E-state index in [4.69, 9.17) is 10.9 Å². The van der Waals surface area contributed by atoms with Crippen LogP contribution in [0.2, 0.25) is 0 Å². The molecule has 0 aliphatic rings. The molecule has 0 unspecified atom stereocenters. The van der Waals surface area contributed by atoms with Crippen LogP contribution in [-0.4, -0.2) is 16.0 Å². The topological polar surface area (TPSA) is 71.5 Å². The first-order valence-electron chi connectivity index (χ1n) is 5.79. The summed E-state index contributed by atoms with van der Waals surface area (Å²) in [6, 6.07) is 11.8. The molecule has 0 aliphatic carbocycles. The van der Waals surface area contributed by atoms with Gasteiger partial charge in [0.15, 0.2) is 5.84 Å². The van der Waals surface area contributed by atoms with Gasteiger partial charge in [0.25, 0.3) is 0 Å². The van der Waals surface area contributed by atoms with Gasteiger partial charge >= 0.3 is 0 Å². The summed E-state index contributed by atoms with van der Waals surface area (Å²) in [6.45, 7) is 3.93. The zero-order valence-electron chi connectivity index (χ0n) is 10.8. The molecule has 0 radical (unpaired) electrons. The third-order valence-corrected chi connectivity index (χ3v) is 3.50. The number of aromatic nitrogens is 1. The predicted molar refractivity (Wildman–Crippen MR) is 76.8 cm³/mol. The van der Waals surface area contributed by atoms with Crippen LogP contribution in [-0.2, 0) is 0 Å². The van der Waals surface area contributed by atoms with Gasteiger partial charge in [-0.2, -0.15) is 0 Å². The lowest BCUT2D eigenvalue weighted by molar-refractivity contribution is 0.318. The van der Waals surface area contributed by atoms with Gasteiger partial charge < -0.3 is 10.9 Å². The zero-order valence-corrected chi connectivity index (χ0v) is 11.6. The first-order chi connectivity index (χ1) is 9.08. The zero-order chi connectivity index (χ0) is 13.8. The van der Waals surface area contributed by atoms with Gasteiger partial charge in [0.1, 0.15) is 5.03 Å². The van der Waals surface area contributed by atoms with Crippen molar-refractivity contribution in [1.29, 1.82) is 0 Å². The molecule has 3 N–H and O–H groups in total. The Hall–Kier alpha value is -2.01. The molecule has 2 aromatic rings. The summed E-state index contributed by atoms with van der Waals surface area (Å²) in [5.41, 5.74) is 8.33. The predicted octanol–water partition coefficient (Wildman–Crippen LogP) is 2.94. The Bertz CT molecular complexity index is 609. The summed E-state index contributed by atoms with van der Waals surface area (Å²) in [6.07, 6.45) is 0. The normalized spacial score (nSPS) is 11.6. The first-order valence-corrected chi connectivity index (χ1v) is 6.61. The quantitative estimate of drug-likeness (QED) is 0.390. The summed E-state index contributed by atoms with van der Waals surface area (Å²) >= 11 is 1.55. The maximum absolute atomic E-state index is 8.73. The van der Waals surface area contributed by atoms with E-state index in [0.717, 1.165) is 15.6 Å². The maximum atomic E-state index is 8.73. The Morgan fingerprint density at radius 2 is 1.89 bits per heavy atom. The fourth-order valence-electron chi connectivity index (χ4n) is 1.62. The van der Waals surface area contributed by atoms with Crippen molar-refractivity contribution < 1.29 is 5.21 Å². The molecule has 0 bridgehead atoms. The third kappa shape index (κ3) is 3.48. The van der Waals surface area contributed by atoms with Crippen molar-refractivity contribution in [3.63, 3.8) is 0 Å². The van der Waals surface area contributed by atoms with Crippen molar-refractivity contribution >= 4 is 17.6 Å². The number of aryl methyl sites for hydroxylation is 2. The van der Waals surface area contributed by atoms with E-state index in [1.54, 1.807) is 17.8 Å². The lowest BCUT2D eigenvalue weighted by Gasteiger charge is -2.06. The molecule has 1 heterocycles. The van der Waals surface area contributed by atoms with Gasteiger partial charge in [0.2, 0.25) is 0 Å². The minimum atomic E-state index is 0.0938. The minimum Gasteiger partial charge on any atom is -0.409 e. The van der Waals surface area contributed by atoms with Crippen molar-refractivity contribution in [1.82, 2.24) is 4.98 Å². The van der Waals surface area contributed by atoms with Crippen LogP contribution in [0.15, 0.2) is 51.5 Å². The molecule has 0 aliphatic heterocycles. The van der Waals surface area contributed by atoms with Gasteiger partial charge in [-0.3, -0.25) is 0 Å². The molecule has 1 aromatic heterocycles. The fraction of sp³-hybridized carbons (Fsp3) is 0.143. The van der Waals surface area contributed by atoms with Gasteiger partial charge in [-0.15, -0.1) is 0 Å². The molecule has 19 heavy (non-hydrogen) atoms. The summed E-state index contributed by atoms with van der Waals surface area (Å²) in [5, 5.41) is 12.6. The van der Waals surface area contributed by atoms with Gasteiger partial charge in [0, 0.05) is 16.2 Å². The first kappa shape index (κ1) is 13.4. The molecule has 0 spiro atoms. The van der Waals surface area contributed by atoms with E-state index in [2.05, 4.69) is 29.2 Å². The highest BCUT2D eigenvalue weighted by atomic mass is 32.2. The van der Waals surface area contributed by atoms with Gasteiger partial charge in [-0.25, -0.2) is 4.98 Å². The molecule has 0 atom stereocenters. The van der Waals surface area contributed by atoms with Crippen molar-refractivity contribution in [3.8, 4) is 0 Å². The summed E-state index contributed by atoms with van der Waals surface area (Å²) in [5.74, 6) is 0.0938. The largest absolute Gasteiger partial charge is 0.409 e. The smallest absolute Gasteiger partial charge is 0.170 e. The van der Waals surface area contributed by atoms with E-state index in [9.17, 15) is 0 Å². The van der Waals surface area contributed by atoms with Crippen molar-refractivity contribution in [2.75, 3.05) is 0 Å². The Labute approximate surface area is 116 Å². The number of amidine groups is 1. The Kier molecular flexibility index (Phi) is 4.06. The van der Waals surface area contributed by atoms with Crippen LogP contribution in [0.25, 0.3) is 0 Å². The number of hydrogen-bond acceptors (Lipinski definition) is 4. The molecule has 0 saturated carbocycles. The van der Waals surface area contributed by atoms with E-state index in [1.807, 2.05) is 25.1 Å². The molecule has 0 fully saturated rings. The van der Waals surface area contributed by atoms with Crippen molar-refractivity contribution in [2.45, 2.75) is 23.8 Å². The summed E-state index contributed by atoms with van der Waals surface area (Å²) in [4.78, 5) is 5.54. The maximum Gasteiger partial charge on any atom is 0.170 e. The summed E-state index contributed by atoms with van der Waals surface area (Å²) in [7, 11) is 0. The van der Waals surface area contributed by atoms with E-state index < -0.39 is 0 Å². The minimum absolute atomic E-state index is 0.0938. The number of pyridine rings is 1.